The summed E-state index contributed by atoms with van der Waals surface area (Å²) in [6.07, 6.45) is 1.83. The van der Waals surface area contributed by atoms with Crippen LogP contribution in [0.5, 0.6) is 0 Å². The molecular formula is C18H27ClN2O. The first-order chi connectivity index (χ1) is 9.74. The lowest BCUT2D eigenvalue weighted by atomic mass is 9.88. The third-order valence-electron chi connectivity index (χ3n) is 4.16. The molecule has 0 aromatic heterocycles. The van der Waals surface area contributed by atoms with E-state index in [0.29, 0.717) is 18.4 Å². The Kier molecular flexibility index (Phi) is 5.80. The Balaban J connectivity index is 0.00000242. The van der Waals surface area contributed by atoms with Gasteiger partial charge in [-0.25, -0.2) is 14.7 Å². The maximum atomic E-state index is 12.0. The maximum Gasteiger partial charge on any atom is 0.316 e. The van der Waals surface area contributed by atoms with Gasteiger partial charge >= 0.3 is 5.91 Å². The van der Waals surface area contributed by atoms with Crippen LogP contribution in [0, 0.1) is 5.41 Å². The Labute approximate surface area is 140 Å². The van der Waals surface area contributed by atoms with Gasteiger partial charge in [0.15, 0.2) is 0 Å². The van der Waals surface area contributed by atoms with Gasteiger partial charge in [-0.15, -0.1) is 0 Å². The largest absolute Gasteiger partial charge is 1.00 e. The molecule has 1 N–H and O–H groups in total. The molecule has 0 radical (unpaired) electrons. The van der Waals surface area contributed by atoms with Crippen LogP contribution in [0.15, 0.2) is 18.2 Å². The molecule has 2 rings (SSSR count). The lowest BCUT2D eigenvalue weighted by molar-refractivity contribution is -0.456. The highest BCUT2D eigenvalue weighted by molar-refractivity contribution is 5.91. The second-order valence-corrected chi connectivity index (χ2v) is 7.21. The number of carbonyl (C=O) groups is 1. The summed E-state index contributed by atoms with van der Waals surface area (Å²) in [5, 5.41) is 2.92. The van der Waals surface area contributed by atoms with Crippen molar-refractivity contribution >= 4 is 17.9 Å². The van der Waals surface area contributed by atoms with Crippen LogP contribution in [0.25, 0.3) is 0 Å². The fourth-order valence-corrected chi connectivity index (χ4v) is 2.86. The Morgan fingerprint density at radius 3 is 2.00 bits per heavy atom. The van der Waals surface area contributed by atoms with E-state index in [4.69, 9.17) is 0 Å². The lowest BCUT2D eigenvalue weighted by Gasteiger charge is -2.27. The smallest absolute Gasteiger partial charge is 0.316 e. The van der Waals surface area contributed by atoms with Crippen molar-refractivity contribution in [1.29, 1.82) is 0 Å². The molecule has 0 bridgehead atoms. The SMILES string of the molecule is CC(C)c1cccc(C(C)C)c1[N+]1=CNC(=O)C(C)(C)C1.[Cl-]. The fourth-order valence-electron chi connectivity index (χ4n) is 2.86. The Bertz CT molecular complexity index is 562. The monoisotopic (exact) mass is 322 g/mol. The molecular weight excluding hydrogens is 296 g/mol. The summed E-state index contributed by atoms with van der Waals surface area (Å²) in [7, 11) is 0. The average Bonchev–Trinajstić information content (AvgIpc) is 2.40. The Morgan fingerprint density at radius 1 is 1.09 bits per heavy atom. The van der Waals surface area contributed by atoms with Crippen molar-refractivity contribution in [1.82, 2.24) is 5.32 Å². The van der Waals surface area contributed by atoms with Crippen molar-refractivity contribution in [3.05, 3.63) is 29.3 Å². The van der Waals surface area contributed by atoms with E-state index >= 15 is 0 Å². The summed E-state index contributed by atoms with van der Waals surface area (Å²) in [4.78, 5) is 12.0. The lowest BCUT2D eigenvalue weighted by Crippen LogP contribution is -3.00. The number of nitrogens with zero attached hydrogens (tertiary/aromatic N) is 1. The summed E-state index contributed by atoms with van der Waals surface area (Å²) in [5.41, 5.74) is 3.55. The molecule has 1 aliphatic rings. The predicted molar refractivity (Wildman–Crippen MR) is 87.4 cm³/mol. The molecule has 0 fully saturated rings. The average molecular weight is 323 g/mol. The highest BCUT2D eigenvalue weighted by atomic mass is 35.5. The van der Waals surface area contributed by atoms with Crippen molar-refractivity contribution in [3.8, 4) is 0 Å². The van der Waals surface area contributed by atoms with E-state index in [1.54, 1.807) is 0 Å². The van der Waals surface area contributed by atoms with Gasteiger partial charge in [0.2, 0.25) is 6.34 Å². The van der Waals surface area contributed by atoms with Crippen molar-refractivity contribution in [2.24, 2.45) is 5.41 Å². The predicted octanol–water partition coefficient (Wildman–Crippen LogP) is 0.766. The molecule has 0 spiro atoms. The van der Waals surface area contributed by atoms with E-state index in [9.17, 15) is 4.79 Å². The van der Waals surface area contributed by atoms with Crippen LogP contribution in [0.3, 0.4) is 0 Å². The number of nitrogens with one attached hydrogen (secondary N) is 1. The van der Waals surface area contributed by atoms with Crippen LogP contribution < -0.4 is 17.7 Å². The topological polar surface area (TPSA) is 32.1 Å². The zero-order chi connectivity index (χ0) is 15.8. The van der Waals surface area contributed by atoms with Gasteiger partial charge in [0.25, 0.3) is 0 Å². The maximum absolute atomic E-state index is 12.0. The van der Waals surface area contributed by atoms with Crippen LogP contribution in [0.1, 0.15) is 64.5 Å². The minimum absolute atomic E-state index is 0. The van der Waals surface area contributed by atoms with Gasteiger partial charge in [-0.05, 0) is 25.7 Å². The van der Waals surface area contributed by atoms with Crippen LogP contribution in [-0.2, 0) is 4.79 Å². The zero-order valence-electron chi connectivity index (χ0n) is 14.4. The third-order valence-corrected chi connectivity index (χ3v) is 4.16. The van der Waals surface area contributed by atoms with Crippen molar-refractivity contribution in [2.75, 3.05) is 6.54 Å². The van der Waals surface area contributed by atoms with E-state index in [2.05, 4.69) is 55.8 Å². The van der Waals surface area contributed by atoms with Gasteiger partial charge in [-0.2, -0.15) is 0 Å². The summed E-state index contributed by atoms with van der Waals surface area (Å²) in [6, 6.07) is 6.54. The van der Waals surface area contributed by atoms with E-state index in [1.807, 2.05) is 20.2 Å². The molecule has 3 nitrogen and oxygen atoms in total. The van der Waals surface area contributed by atoms with Crippen LogP contribution in [-0.4, -0.2) is 23.4 Å². The number of carbonyl (C=O) groups excluding carboxylic acids is 1. The molecule has 122 valence electrons. The molecule has 4 heteroatoms. The summed E-state index contributed by atoms with van der Waals surface area (Å²) < 4.78 is 2.21. The molecule has 1 aromatic rings. The summed E-state index contributed by atoms with van der Waals surface area (Å²) in [6.45, 7) is 13.6. The van der Waals surface area contributed by atoms with Gasteiger partial charge in [-0.1, -0.05) is 45.9 Å². The molecule has 0 saturated heterocycles. The van der Waals surface area contributed by atoms with Crippen LogP contribution >= 0.6 is 0 Å². The summed E-state index contributed by atoms with van der Waals surface area (Å²) in [5.74, 6) is 0.993. The number of para-hydroxylation sites is 1. The first kappa shape index (κ1) is 18.7. The van der Waals surface area contributed by atoms with Crippen molar-refractivity contribution in [3.63, 3.8) is 0 Å². The Morgan fingerprint density at radius 2 is 1.59 bits per heavy atom. The molecule has 1 aliphatic heterocycles. The molecule has 1 aromatic carbocycles. The summed E-state index contributed by atoms with van der Waals surface area (Å²) >= 11 is 0. The van der Waals surface area contributed by atoms with Gasteiger partial charge in [0, 0.05) is 11.1 Å². The third kappa shape index (κ3) is 3.52. The van der Waals surface area contributed by atoms with E-state index in [1.165, 1.54) is 16.8 Å². The zero-order valence-corrected chi connectivity index (χ0v) is 15.2. The highest BCUT2D eigenvalue weighted by Crippen LogP contribution is 2.36. The Hall–Kier alpha value is -1.35. The van der Waals surface area contributed by atoms with Crippen LogP contribution in [0.4, 0.5) is 5.69 Å². The second-order valence-electron chi connectivity index (χ2n) is 7.21. The molecule has 22 heavy (non-hydrogen) atoms. The molecule has 0 saturated carbocycles. The minimum Gasteiger partial charge on any atom is -1.00 e. The van der Waals surface area contributed by atoms with Gasteiger partial charge < -0.3 is 12.4 Å². The van der Waals surface area contributed by atoms with E-state index in [0.717, 1.165) is 0 Å². The highest BCUT2D eigenvalue weighted by Gasteiger charge is 2.38. The normalized spacial score (nSPS) is 17.1. The quantitative estimate of drug-likeness (QED) is 0.819. The molecule has 0 aliphatic carbocycles. The number of hydrogen-bond donors (Lipinski definition) is 1. The van der Waals surface area contributed by atoms with Crippen molar-refractivity contribution < 1.29 is 21.8 Å². The number of benzene rings is 1. The van der Waals surface area contributed by atoms with E-state index in [-0.39, 0.29) is 23.7 Å². The van der Waals surface area contributed by atoms with Gasteiger partial charge in [-0.3, -0.25) is 0 Å². The molecule has 1 heterocycles. The minimum atomic E-state index is -0.382. The van der Waals surface area contributed by atoms with Crippen molar-refractivity contribution in [2.45, 2.75) is 53.4 Å². The fraction of sp³-hybridized carbons (Fsp3) is 0.556. The standard InChI is InChI=1S/C18H26N2O.ClH/c1-12(2)14-8-7-9-15(13(3)4)16(14)20-10-18(5,6)17(21)19-11-20;/h7-9,11-13H,10H2,1-6H3;1H. The van der Waals surface area contributed by atoms with Gasteiger partial charge in [0.1, 0.15) is 17.6 Å². The number of hydrogen-bond acceptors (Lipinski definition) is 1. The van der Waals surface area contributed by atoms with E-state index < -0.39 is 0 Å². The molecule has 1 amide bonds. The first-order valence-electron chi connectivity index (χ1n) is 7.78. The van der Waals surface area contributed by atoms with Gasteiger partial charge in [0.05, 0.1) is 0 Å². The number of rotatable bonds is 3. The first-order valence-corrected chi connectivity index (χ1v) is 7.78. The number of amides is 1. The molecule has 0 atom stereocenters. The second kappa shape index (κ2) is 6.82. The molecule has 0 unspecified atom stereocenters. The number of halogens is 1. The van der Waals surface area contributed by atoms with Crippen LogP contribution in [0.2, 0.25) is 0 Å².